The van der Waals surface area contributed by atoms with E-state index in [1.54, 1.807) is 24.3 Å². The Morgan fingerprint density at radius 3 is 2.39 bits per heavy atom. The molecule has 2 atom stereocenters. The summed E-state index contributed by atoms with van der Waals surface area (Å²) in [6, 6.07) is 21.9. The Bertz CT molecular complexity index is 1420. The molecule has 0 aromatic heterocycles. The first-order valence-electron chi connectivity index (χ1n) is 10.5. The zero-order chi connectivity index (χ0) is 23.4. The van der Waals surface area contributed by atoms with E-state index in [1.165, 1.54) is 6.26 Å². The first-order chi connectivity index (χ1) is 15.6. The molecule has 5 rings (SSSR count). The van der Waals surface area contributed by atoms with Gasteiger partial charge < -0.3 is 10.5 Å². The van der Waals surface area contributed by atoms with E-state index in [2.05, 4.69) is 10.3 Å². The molecule has 2 aliphatic rings. The minimum Gasteiger partial charge on any atom is -0.482 e. The maximum absolute atomic E-state index is 13.2. The number of nitrogens with zero attached hydrogens (tertiary/aromatic N) is 1. The molecule has 2 aliphatic heterocycles. The van der Waals surface area contributed by atoms with Crippen molar-refractivity contribution >= 4 is 21.7 Å². The van der Waals surface area contributed by atoms with Gasteiger partial charge in [0.2, 0.25) is 0 Å². The highest BCUT2D eigenvalue weighted by Gasteiger charge is 2.55. The van der Waals surface area contributed by atoms with Crippen LogP contribution in [-0.2, 0) is 25.8 Å². The average Bonchev–Trinajstić information content (AvgIpc) is 3.06. The Morgan fingerprint density at radius 1 is 1.00 bits per heavy atom. The highest BCUT2D eigenvalue weighted by atomic mass is 32.2. The van der Waals surface area contributed by atoms with Gasteiger partial charge >= 0.3 is 0 Å². The third kappa shape index (κ3) is 3.47. The van der Waals surface area contributed by atoms with Crippen LogP contribution >= 0.6 is 0 Å². The molecular formula is C25H23N3O4S. The van der Waals surface area contributed by atoms with Crippen LogP contribution < -0.4 is 15.8 Å². The monoisotopic (exact) mass is 461 g/mol. The number of nitrogens with two attached hydrogens (primary N) is 1. The van der Waals surface area contributed by atoms with E-state index in [1.807, 2.05) is 55.5 Å². The predicted molar refractivity (Wildman–Crippen MR) is 125 cm³/mol. The van der Waals surface area contributed by atoms with E-state index in [9.17, 15) is 13.2 Å². The number of aliphatic imine (C=N–C) groups is 1. The third-order valence-corrected chi connectivity index (χ3v) is 7.37. The van der Waals surface area contributed by atoms with Crippen molar-refractivity contribution in [1.29, 1.82) is 0 Å². The lowest BCUT2D eigenvalue weighted by atomic mass is 9.74. The number of carbonyl (C=O) groups is 1. The molecular weight excluding hydrogens is 438 g/mol. The summed E-state index contributed by atoms with van der Waals surface area (Å²) in [4.78, 5) is 18.0. The number of nitrogens with one attached hydrogen (secondary N) is 1. The molecule has 8 heteroatoms. The number of carbonyl (C=O) groups excluding carboxylic acids is 1. The van der Waals surface area contributed by atoms with Crippen molar-refractivity contribution in [2.45, 2.75) is 29.4 Å². The molecule has 0 aliphatic carbocycles. The van der Waals surface area contributed by atoms with Gasteiger partial charge in [0, 0.05) is 18.2 Å². The van der Waals surface area contributed by atoms with E-state index in [4.69, 9.17) is 10.5 Å². The lowest BCUT2D eigenvalue weighted by Crippen LogP contribution is -2.48. The zero-order valence-corrected chi connectivity index (χ0v) is 19.0. The fourth-order valence-electron chi connectivity index (χ4n) is 4.65. The van der Waals surface area contributed by atoms with Crippen LogP contribution in [0.4, 0.5) is 0 Å². The Kier molecular flexibility index (Phi) is 4.61. The molecule has 1 amide bonds. The maximum Gasteiger partial charge on any atom is 0.259 e. The van der Waals surface area contributed by atoms with E-state index in [-0.39, 0.29) is 23.2 Å². The molecule has 2 heterocycles. The van der Waals surface area contributed by atoms with Gasteiger partial charge in [-0.15, -0.1) is 0 Å². The number of ether oxygens (including phenoxy) is 1. The molecule has 168 valence electrons. The lowest BCUT2D eigenvalue weighted by molar-refractivity contribution is -0.127. The number of sulfone groups is 1. The van der Waals surface area contributed by atoms with Gasteiger partial charge in [0.15, 0.2) is 21.3 Å². The molecule has 0 radical (unpaired) electrons. The highest BCUT2D eigenvalue weighted by molar-refractivity contribution is 7.90. The van der Waals surface area contributed by atoms with Gasteiger partial charge in [-0.05, 0) is 47.9 Å². The number of amides is 1. The van der Waals surface area contributed by atoms with Gasteiger partial charge in [0.05, 0.1) is 4.90 Å². The first-order valence-corrected chi connectivity index (χ1v) is 12.4. The minimum atomic E-state index is -3.36. The molecule has 1 spiro atoms. The van der Waals surface area contributed by atoms with Crippen molar-refractivity contribution in [2.24, 2.45) is 10.7 Å². The van der Waals surface area contributed by atoms with Crippen molar-refractivity contribution in [3.63, 3.8) is 0 Å². The Hall–Kier alpha value is -3.65. The summed E-state index contributed by atoms with van der Waals surface area (Å²) < 4.78 is 30.5. The molecule has 3 N–H and O–H groups in total. The second-order valence-electron chi connectivity index (χ2n) is 8.70. The standard InChI is InChI=1S/C25H23N3O4S/c1-24(18-8-4-3-5-9-18)15-25(22(29)27-23(26)28-25)20-14-17(11-12-21(20)32-24)16-7-6-10-19(13-16)33(2,30)31/h3-14H,15H2,1-2H3,(H3,26,27,28,29)/t24-,25?/m1/s1. The van der Waals surface area contributed by atoms with E-state index < -0.39 is 21.0 Å². The molecule has 0 bridgehead atoms. The molecule has 0 saturated carbocycles. The number of benzene rings is 3. The smallest absolute Gasteiger partial charge is 0.259 e. The Balaban J connectivity index is 1.69. The van der Waals surface area contributed by atoms with Gasteiger partial charge in [-0.1, -0.05) is 48.5 Å². The summed E-state index contributed by atoms with van der Waals surface area (Å²) in [5, 5.41) is 2.65. The van der Waals surface area contributed by atoms with Gasteiger partial charge in [-0.3, -0.25) is 10.1 Å². The maximum atomic E-state index is 13.2. The third-order valence-electron chi connectivity index (χ3n) is 6.26. The molecule has 7 nitrogen and oxygen atoms in total. The predicted octanol–water partition coefficient (Wildman–Crippen LogP) is 3.09. The van der Waals surface area contributed by atoms with Crippen LogP contribution in [0.1, 0.15) is 24.5 Å². The summed E-state index contributed by atoms with van der Waals surface area (Å²) in [5.41, 5.74) is 6.86. The van der Waals surface area contributed by atoms with Crippen LogP contribution in [0.25, 0.3) is 11.1 Å². The average molecular weight is 462 g/mol. The van der Waals surface area contributed by atoms with E-state index >= 15 is 0 Å². The largest absolute Gasteiger partial charge is 0.482 e. The number of hydrogen-bond acceptors (Lipinski definition) is 6. The summed E-state index contributed by atoms with van der Waals surface area (Å²) >= 11 is 0. The molecule has 1 unspecified atom stereocenters. The van der Waals surface area contributed by atoms with E-state index in [0.29, 0.717) is 16.9 Å². The van der Waals surface area contributed by atoms with Crippen LogP contribution in [0.15, 0.2) is 82.7 Å². The molecule has 3 aromatic rings. The van der Waals surface area contributed by atoms with Crippen LogP contribution in [0.5, 0.6) is 5.75 Å². The molecule has 0 fully saturated rings. The van der Waals surface area contributed by atoms with Gasteiger partial charge in [-0.25, -0.2) is 13.4 Å². The van der Waals surface area contributed by atoms with Crippen LogP contribution in [0.2, 0.25) is 0 Å². The van der Waals surface area contributed by atoms with E-state index in [0.717, 1.165) is 11.1 Å². The molecule has 33 heavy (non-hydrogen) atoms. The van der Waals surface area contributed by atoms with Crippen molar-refractivity contribution in [1.82, 2.24) is 5.32 Å². The lowest BCUT2D eigenvalue weighted by Gasteiger charge is -2.43. The van der Waals surface area contributed by atoms with Gasteiger partial charge in [0.25, 0.3) is 5.91 Å². The zero-order valence-electron chi connectivity index (χ0n) is 18.2. The minimum absolute atomic E-state index is 0.0627. The van der Waals surface area contributed by atoms with Gasteiger partial charge in [-0.2, -0.15) is 0 Å². The summed E-state index contributed by atoms with van der Waals surface area (Å²) in [6.45, 7) is 1.94. The Morgan fingerprint density at radius 2 is 1.73 bits per heavy atom. The Labute approximate surface area is 192 Å². The first kappa shape index (κ1) is 21.2. The van der Waals surface area contributed by atoms with Gasteiger partial charge in [0.1, 0.15) is 11.4 Å². The summed E-state index contributed by atoms with van der Waals surface area (Å²) in [6.07, 6.45) is 1.43. The van der Waals surface area contributed by atoms with Crippen LogP contribution in [0.3, 0.4) is 0 Å². The highest BCUT2D eigenvalue weighted by Crippen LogP contribution is 2.51. The SMILES string of the molecule is C[C@]1(c2ccccc2)CC2(N=C(N)NC2=O)c2cc(-c3cccc(S(C)(=O)=O)c3)ccc2O1. The van der Waals surface area contributed by atoms with Crippen molar-refractivity contribution in [3.05, 3.63) is 83.9 Å². The van der Waals surface area contributed by atoms with Crippen LogP contribution in [0, 0.1) is 0 Å². The topological polar surface area (TPSA) is 111 Å². The number of fused-ring (bicyclic) bond motifs is 2. The summed E-state index contributed by atoms with van der Waals surface area (Å²) in [7, 11) is -3.36. The molecule has 0 saturated heterocycles. The number of hydrogen-bond donors (Lipinski definition) is 2. The van der Waals surface area contributed by atoms with Crippen molar-refractivity contribution in [3.8, 4) is 16.9 Å². The normalized spacial score (nSPS) is 24.1. The van der Waals surface area contributed by atoms with Crippen molar-refractivity contribution < 1.29 is 17.9 Å². The second kappa shape index (κ2) is 7.18. The number of rotatable bonds is 3. The summed E-state index contributed by atoms with van der Waals surface area (Å²) in [5.74, 6) is 0.283. The fraction of sp³-hybridized carbons (Fsp3) is 0.200. The number of guanidine groups is 1. The fourth-order valence-corrected chi connectivity index (χ4v) is 5.32. The molecule has 3 aromatic carbocycles. The van der Waals surface area contributed by atoms with Crippen LogP contribution in [-0.4, -0.2) is 26.5 Å². The van der Waals surface area contributed by atoms with Crippen molar-refractivity contribution in [2.75, 3.05) is 6.26 Å². The quantitative estimate of drug-likeness (QED) is 0.623. The second-order valence-corrected chi connectivity index (χ2v) is 10.7.